The van der Waals surface area contributed by atoms with Crippen LogP contribution in [0.2, 0.25) is 0 Å². The monoisotopic (exact) mass is 186 g/mol. The van der Waals surface area contributed by atoms with Gasteiger partial charge in [0.1, 0.15) is 0 Å². The Labute approximate surface area is 76.8 Å². The molecule has 0 atom stereocenters. The number of carbonyl (C=O) groups is 2. The Bertz CT molecular complexity index is 223. The molecule has 0 unspecified atom stereocenters. The van der Waals surface area contributed by atoms with Crippen LogP contribution in [0.15, 0.2) is 0 Å². The fourth-order valence-corrected chi connectivity index (χ4v) is 1.00. The number of rotatable bonds is 3. The predicted molar refractivity (Wildman–Crippen MR) is 46.0 cm³/mol. The van der Waals surface area contributed by atoms with Crippen LogP contribution < -0.4 is 10.6 Å². The van der Waals surface area contributed by atoms with E-state index < -0.39 is 5.41 Å². The molecule has 1 aliphatic rings. The molecule has 1 saturated heterocycles. The highest BCUT2D eigenvalue weighted by Gasteiger charge is 2.40. The summed E-state index contributed by atoms with van der Waals surface area (Å²) < 4.78 is 4.93. The molecule has 0 aromatic rings. The van der Waals surface area contributed by atoms with Gasteiger partial charge in [-0.15, -0.1) is 0 Å². The van der Waals surface area contributed by atoms with Crippen LogP contribution in [0.1, 0.15) is 6.92 Å². The van der Waals surface area contributed by atoms with Crippen molar-refractivity contribution in [2.24, 2.45) is 5.41 Å². The van der Waals surface area contributed by atoms with Crippen LogP contribution in [0.4, 0.5) is 0 Å². The molecule has 1 heterocycles. The van der Waals surface area contributed by atoms with Gasteiger partial charge in [-0.1, -0.05) is 0 Å². The van der Waals surface area contributed by atoms with Gasteiger partial charge in [0.15, 0.2) is 0 Å². The van der Waals surface area contributed by atoms with E-state index in [1.807, 2.05) is 6.92 Å². The first kappa shape index (κ1) is 9.98. The van der Waals surface area contributed by atoms with E-state index in [1.165, 1.54) is 7.05 Å². The number of nitrogens with one attached hydrogen (secondary N) is 2. The number of amides is 2. The van der Waals surface area contributed by atoms with Gasteiger partial charge >= 0.3 is 0 Å². The van der Waals surface area contributed by atoms with Gasteiger partial charge in [0.05, 0.1) is 25.2 Å². The summed E-state index contributed by atoms with van der Waals surface area (Å²) in [5.74, 6) is -0.320. The average molecular weight is 186 g/mol. The molecule has 5 nitrogen and oxygen atoms in total. The third-order valence-electron chi connectivity index (χ3n) is 2.08. The van der Waals surface area contributed by atoms with Crippen molar-refractivity contribution < 1.29 is 14.3 Å². The summed E-state index contributed by atoms with van der Waals surface area (Å²) in [5, 5.41) is 4.97. The number of hydrogen-bond donors (Lipinski definition) is 2. The number of carbonyl (C=O) groups excluding carboxylic acids is 2. The summed E-state index contributed by atoms with van der Waals surface area (Å²) in [6.07, 6.45) is 0. The van der Waals surface area contributed by atoms with Gasteiger partial charge in [-0.05, 0) is 6.92 Å². The predicted octanol–water partition coefficient (Wildman–Crippen LogP) is -1.11. The highest BCUT2D eigenvalue weighted by molar-refractivity contribution is 5.88. The lowest BCUT2D eigenvalue weighted by Gasteiger charge is -2.36. The minimum Gasteiger partial charge on any atom is -0.379 e. The summed E-state index contributed by atoms with van der Waals surface area (Å²) in [7, 11) is 1.53. The number of ether oxygens (including phenoxy) is 1. The molecule has 5 heteroatoms. The molecule has 13 heavy (non-hydrogen) atoms. The lowest BCUT2D eigenvalue weighted by atomic mass is 9.88. The molecule has 0 aromatic heterocycles. The van der Waals surface area contributed by atoms with Gasteiger partial charge in [0, 0.05) is 7.05 Å². The van der Waals surface area contributed by atoms with Crippen molar-refractivity contribution in [2.75, 3.05) is 26.8 Å². The minimum absolute atomic E-state index is 0.0327. The summed E-state index contributed by atoms with van der Waals surface area (Å²) in [6, 6.07) is 0. The van der Waals surface area contributed by atoms with Crippen LogP contribution in [-0.4, -0.2) is 38.6 Å². The van der Waals surface area contributed by atoms with Crippen LogP contribution >= 0.6 is 0 Å². The van der Waals surface area contributed by atoms with Crippen molar-refractivity contribution in [3.8, 4) is 0 Å². The Morgan fingerprint density at radius 2 is 2.08 bits per heavy atom. The third kappa shape index (κ3) is 2.18. The first-order valence-corrected chi connectivity index (χ1v) is 4.15. The largest absolute Gasteiger partial charge is 0.379 e. The normalized spacial score (nSPS) is 18.6. The fourth-order valence-electron chi connectivity index (χ4n) is 1.00. The molecular formula is C8H14N2O3. The van der Waals surface area contributed by atoms with Gasteiger partial charge in [0.2, 0.25) is 11.8 Å². The van der Waals surface area contributed by atoms with Crippen LogP contribution in [0.25, 0.3) is 0 Å². The molecule has 0 saturated carbocycles. The van der Waals surface area contributed by atoms with Crippen LogP contribution in [0, 0.1) is 5.41 Å². The standard InChI is InChI=1S/C8H14N2O3/c1-8(4-13-5-8)7(12)10-3-6(11)9-2/h3-5H2,1-2H3,(H,9,11)(H,10,12). The van der Waals surface area contributed by atoms with Crippen LogP contribution in [0.3, 0.4) is 0 Å². The van der Waals surface area contributed by atoms with E-state index in [0.29, 0.717) is 13.2 Å². The van der Waals surface area contributed by atoms with Gasteiger partial charge in [-0.2, -0.15) is 0 Å². The molecule has 0 radical (unpaired) electrons. The summed E-state index contributed by atoms with van der Waals surface area (Å²) in [6.45, 7) is 2.72. The molecular weight excluding hydrogens is 172 g/mol. The Kier molecular flexibility index (Phi) is 2.87. The van der Waals surface area contributed by atoms with Crippen molar-refractivity contribution in [2.45, 2.75) is 6.92 Å². The summed E-state index contributed by atoms with van der Waals surface area (Å²) in [4.78, 5) is 22.2. The quantitative estimate of drug-likeness (QED) is 0.587. The topological polar surface area (TPSA) is 67.4 Å². The molecule has 0 spiro atoms. The molecule has 0 aromatic carbocycles. The lowest BCUT2D eigenvalue weighted by molar-refractivity contribution is -0.158. The van der Waals surface area contributed by atoms with Crippen LogP contribution in [0.5, 0.6) is 0 Å². The maximum absolute atomic E-state index is 11.4. The molecule has 1 aliphatic heterocycles. The number of likely N-dealkylation sites (N-methyl/N-ethyl adjacent to an activating group) is 1. The molecule has 0 aliphatic carbocycles. The second kappa shape index (κ2) is 3.74. The SMILES string of the molecule is CNC(=O)CNC(=O)C1(C)COC1. The maximum atomic E-state index is 11.4. The van der Waals surface area contributed by atoms with Crippen molar-refractivity contribution in [1.29, 1.82) is 0 Å². The zero-order valence-electron chi connectivity index (χ0n) is 7.85. The van der Waals surface area contributed by atoms with Crippen LogP contribution in [-0.2, 0) is 14.3 Å². The molecule has 1 rings (SSSR count). The second-order valence-corrected chi connectivity index (χ2v) is 3.41. The first-order valence-electron chi connectivity index (χ1n) is 4.15. The molecule has 2 amide bonds. The second-order valence-electron chi connectivity index (χ2n) is 3.41. The Balaban J connectivity index is 2.29. The van der Waals surface area contributed by atoms with Crippen molar-refractivity contribution >= 4 is 11.8 Å². The van der Waals surface area contributed by atoms with Crippen molar-refractivity contribution in [3.05, 3.63) is 0 Å². The van der Waals surface area contributed by atoms with Gasteiger partial charge in [-0.25, -0.2) is 0 Å². The summed E-state index contributed by atoms with van der Waals surface area (Å²) >= 11 is 0. The van der Waals surface area contributed by atoms with E-state index in [0.717, 1.165) is 0 Å². The van der Waals surface area contributed by atoms with E-state index in [2.05, 4.69) is 10.6 Å². The zero-order valence-corrected chi connectivity index (χ0v) is 7.85. The zero-order chi connectivity index (χ0) is 9.90. The van der Waals surface area contributed by atoms with E-state index >= 15 is 0 Å². The highest BCUT2D eigenvalue weighted by Crippen LogP contribution is 2.26. The van der Waals surface area contributed by atoms with Crippen molar-refractivity contribution in [3.63, 3.8) is 0 Å². The Morgan fingerprint density at radius 3 is 2.46 bits per heavy atom. The van der Waals surface area contributed by atoms with Gasteiger partial charge in [0.25, 0.3) is 0 Å². The highest BCUT2D eigenvalue weighted by atomic mass is 16.5. The Hall–Kier alpha value is -1.10. The molecule has 2 N–H and O–H groups in total. The summed E-state index contributed by atoms with van der Waals surface area (Å²) in [5.41, 5.74) is -0.436. The number of hydrogen-bond acceptors (Lipinski definition) is 3. The Morgan fingerprint density at radius 1 is 1.46 bits per heavy atom. The maximum Gasteiger partial charge on any atom is 0.239 e. The molecule has 1 fully saturated rings. The van der Waals surface area contributed by atoms with Gasteiger partial charge in [-0.3, -0.25) is 9.59 Å². The van der Waals surface area contributed by atoms with E-state index in [-0.39, 0.29) is 18.4 Å². The van der Waals surface area contributed by atoms with E-state index in [9.17, 15) is 9.59 Å². The average Bonchev–Trinajstić information content (AvgIpc) is 2.09. The first-order chi connectivity index (χ1) is 6.08. The molecule has 0 bridgehead atoms. The fraction of sp³-hybridized carbons (Fsp3) is 0.750. The minimum atomic E-state index is -0.436. The lowest BCUT2D eigenvalue weighted by Crippen LogP contribution is -2.53. The van der Waals surface area contributed by atoms with Crippen molar-refractivity contribution in [1.82, 2.24) is 10.6 Å². The smallest absolute Gasteiger partial charge is 0.239 e. The third-order valence-corrected chi connectivity index (χ3v) is 2.08. The van der Waals surface area contributed by atoms with E-state index in [1.54, 1.807) is 0 Å². The molecule has 74 valence electrons. The van der Waals surface area contributed by atoms with Gasteiger partial charge < -0.3 is 15.4 Å². The van der Waals surface area contributed by atoms with E-state index in [4.69, 9.17) is 4.74 Å².